The Labute approximate surface area is 245 Å². The lowest BCUT2D eigenvalue weighted by Gasteiger charge is -2.32. The Balaban J connectivity index is 1.85. The quantitative estimate of drug-likeness (QED) is 0.286. The molecule has 3 aromatic rings. The van der Waals surface area contributed by atoms with Gasteiger partial charge in [-0.25, -0.2) is 8.42 Å². The Morgan fingerprint density at radius 1 is 0.950 bits per heavy atom. The zero-order chi connectivity index (χ0) is 29.3. The van der Waals surface area contributed by atoms with Gasteiger partial charge in [0.25, 0.3) is 0 Å². The van der Waals surface area contributed by atoms with E-state index in [0.717, 1.165) is 22.5 Å². The first-order valence-corrected chi connectivity index (χ1v) is 15.4. The number of nitrogens with zero attached hydrogens (tertiary/aromatic N) is 2. The SMILES string of the molecule is CCCNC(=O)[C@@H](C)N(Cc1c(Cl)cccc1Cl)C(=O)CN(c1ccc(OCc2ccccc2)cc1)S(C)(=O)=O. The van der Waals surface area contributed by atoms with Gasteiger partial charge in [-0.2, -0.15) is 0 Å². The van der Waals surface area contributed by atoms with Crippen LogP contribution in [0.2, 0.25) is 10.0 Å². The first-order chi connectivity index (χ1) is 19.0. The minimum Gasteiger partial charge on any atom is -0.489 e. The van der Waals surface area contributed by atoms with Gasteiger partial charge in [0.05, 0.1) is 11.9 Å². The molecule has 0 spiro atoms. The molecule has 0 heterocycles. The Bertz CT molecular complexity index is 1380. The third-order valence-electron chi connectivity index (χ3n) is 6.16. The molecule has 3 aromatic carbocycles. The van der Waals surface area contributed by atoms with Crippen molar-refractivity contribution in [3.05, 3.63) is 94.0 Å². The summed E-state index contributed by atoms with van der Waals surface area (Å²) in [4.78, 5) is 27.8. The molecular weight excluding hydrogens is 573 g/mol. The summed E-state index contributed by atoms with van der Waals surface area (Å²) in [5, 5.41) is 3.45. The Morgan fingerprint density at radius 2 is 1.57 bits per heavy atom. The minimum absolute atomic E-state index is 0.0814. The van der Waals surface area contributed by atoms with Gasteiger partial charge in [-0.1, -0.05) is 66.5 Å². The maximum absolute atomic E-state index is 13.7. The van der Waals surface area contributed by atoms with Gasteiger partial charge in [0.1, 0.15) is 24.9 Å². The van der Waals surface area contributed by atoms with Gasteiger partial charge in [0, 0.05) is 28.7 Å². The summed E-state index contributed by atoms with van der Waals surface area (Å²) < 4.78 is 32.4. The fourth-order valence-electron chi connectivity index (χ4n) is 3.90. The smallest absolute Gasteiger partial charge is 0.244 e. The first kappa shape index (κ1) is 31.3. The maximum atomic E-state index is 13.7. The number of rotatable bonds is 13. The molecule has 0 aliphatic rings. The van der Waals surface area contributed by atoms with Crippen molar-refractivity contribution in [3.8, 4) is 5.75 Å². The molecule has 11 heteroatoms. The number of nitrogens with one attached hydrogen (secondary N) is 1. The summed E-state index contributed by atoms with van der Waals surface area (Å²) >= 11 is 12.7. The molecule has 214 valence electrons. The van der Waals surface area contributed by atoms with E-state index >= 15 is 0 Å². The molecule has 0 unspecified atom stereocenters. The van der Waals surface area contributed by atoms with Crippen molar-refractivity contribution in [2.24, 2.45) is 0 Å². The van der Waals surface area contributed by atoms with E-state index in [-0.39, 0.29) is 18.1 Å². The van der Waals surface area contributed by atoms with Gasteiger partial charge in [-0.15, -0.1) is 0 Å². The zero-order valence-corrected chi connectivity index (χ0v) is 25.0. The Morgan fingerprint density at radius 3 is 2.15 bits per heavy atom. The van der Waals surface area contributed by atoms with E-state index in [4.69, 9.17) is 27.9 Å². The number of hydrogen-bond acceptors (Lipinski definition) is 5. The predicted octanol–water partition coefficient (Wildman–Crippen LogP) is 5.28. The number of sulfonamides is 1. The van der Waals surface area contributed by atoms with Crippen molar-refractivity contribution >= 4 is 50.7 Å². The molecule has 1 N–H and O–H groups in total. The number of anilines is 1. The van der Waals surface area contributed by atoms with Crippen molar-refractivity contribution in [1.29, 1.82) is 0 Å². The first-order valence-electron chi connectivity index (χ1n) is 12.8. The number of ether oxygens (including phenoxy) is 1. The van der Waals surface area contributed by atoms with Gasteiger partial charge >= 0.3 is 0 Å². The zero-order valence-electron chi connectivity index (χ0n) is 22.6. The maximum Gasteiger partial charge on any atom is 0.244 e. The van der Waals surface area contributed by atoms with Crippen molar-refractivity contribution in [1.82, 2.24) is 10.2 Å². The molecule has 0 saturated carbocycles. The van der Waals surface area contributed by atoms with Crippen LogP contribution < -0.4 is 14.4 Å². The Kier molecular flexibility index (Phi) is 11.2. The van der Waals surface area contributed by atoms with Gasteiger partial charge in [0.15, 0.2) is 0 Å². The van der Waals surface area contributed by atoms with Gasteiger partial charge in [0.2, 0.25) is 21.8 Å². The van der Waals surface area contributed by atoms with Crippen molar-refractivity contribution in [2.45, 2.75) is 39.5 Å². The van der Waals surface area contributed by atoms with Crippen LogP contribution in [0.3, 0.4) is 0 Å². The highest BCUT2D eigenvalue weighted by Gasteiger charge is 2.30. The number of benzene rings is 3. The highest BCUT2D eigenvalue weighted by atomic mass is 35.5. The largest absolute Gasteiger partial charge is 0.489 e. The van der Waals surface area contributed by atoms with E-state index in [1.54, 1.807) is 49.4 Å². The van der Waals surface area contributed by atoms with Crippen molar-refractivity contribution in [3.63, 3.8) is 0 Å². The van der Waals surface area contributed by atoms with Crippen LogP contribution in [-0.4, -0.2) is 50.5 Å². The minimum atomic E-state index is -3.87. The van der Waals surface area contributed by atoms with Crippen LogP contribution in [0.15, 0.2) is 72.8 Å². The molecule has 0 aromatic heterocycles. The summed E-state index contributed by atoms with van der Waals surface area (Å²) in [6.45, 7) is 3.67. The second kappa shape index (κ2) is 14.4. The molecule has 0 radical (unpaired) electrons. The third-order valence-corrected chi connectivity index (χ3v) is 8.01. The fraction of sp³-hybridized carbons (Fsp3) is 0.310. The summed E-state index contributed by atoms with van der Waals surface area (Å²) in [5.41, 5.74) is 1.73. The summed E-state index contributed by atoms with van der Waals surface area (Å²) in [6, 6.07) is 20.1. The number of carbonyl (C=O) groups is 2. The monoisotopic (exact) mass is 605 g/mol. The van der Waals surface area contributed by atoms with Crippen LogP contribution in [0, 0.1) is 0 Å². The number of halogens is 2. The fourth-order valence-corrected chi connectivity index (χ4v) is 5.26. The molecule has 0 aliphatic heterocycles. The van der Waals surface area contributed by atoms with Gasteiger partial charge < -0.3 is 15.0 Å². The molecule has 0 saturated heterocycles. The normalized spacial score (nSPS) is 11.9. The van der Waals surface area contributed by atoms with E-state index in [1.165, 1.54) is 4.90 Å². The lowest BCUT2D eigenvalue weighted by molar-refractivity contribution is -0.139. The highest BCUT2D eigenvalue weighted by Crippen LogP contribution is 2.27. The van der Waals surface area contributed by atoms with Crippen LogP contribution in [0.4, 0.5) is 5.69 Å². The molecule has 0 fully saturated rings. The molecule has 8 nitrogen and oxygen atoms in total. The van der Waals surface area contributed by atoms with E-state index in [2.05, 4.69) is 5.32 Å². The van der Waals surface area contributed by atoms with E-state index < -0.39 is 28.5 Å². The number of hydrogen-bond donors (Lipinski definition) is 1. The van der Waals surface area contributed by atoms with Crippen LogP contribution in [0.25, 0.3) is 0 Å². The lowest BCUT2D eigenvalue weighted by atomic mass is 10.1. The van der Waals surface area contributed by atoms with Crippen molar-refractivity contribution in [2.75, 3.05) is 23.7 Å². The van der Waals surface area contributed by atoms with Crippen LogP contribution >= 0.6 is 23.2 Å². The van der Waals surface area contributed by atoms with Crippen LogP contribution in [-0.2, 0) is 32.8 Å². The molecule has 2 amide bonds. The standard InChI is InChI=1S/C29H33Cl2N3O5S/c1-4-17-32-29(36)21(2)33(18-25-26(30)11-8-12-27(25)31)28(35)19-34(40(3,37)38)23-13-15-24(16-14-23)39-20-22-9-6-5-7-10-22/h5-16,21H,4,17-20H2,1-3H3,(H,32,36)/t21-/m1/s1. The van der Waals surface area contributed by atoms with Gasteiger partial charge in [-0.05, 0) is 55.3 Å². The number of carbonyl (C=O) groups excluding carboxylic acids is 2. The third kappa shape index (κ3) is 8.61. The highest BCUT2D eigenvalue weighted by molar-refractivity contribution is 7.92. The lowest BCUT2D eigenvalue weighted by Crippen LogP contribution is -2.51. The topological polar surface area (TPSA) is 96.0 Å². The molecule has 0 aliphatic carbocycles. The molecular formula is C29H33Cl2N3O5S. The van der Waals surface area contributed by atoms with Crippen LogP contribution in [0.1, 0.15) is 31.4 Å². The predicted molar refractivity (Wildman–Crippen MR) is 159 cm³/mol. The summed E-state index contributed by atoms with van der Waals surface area (Å²) in [5.74, 6) is -0.419. The molecule has 40 heavy (non-hydrogen) atoms. The van der Waals surface area contributed by atoms with E-state index in [0.29, 0.717) is 34.5 Å². The van der Waals surface area contributed by atoms with E-state index in [9.17, 15) is 18.0 Å². The van der Waals surface area contributed by atoms with Crippen LogP contribution in [0.5, 0.6) is 5.75 Å². The Hall–Kier alpha value is -3.27. The average molecular weight is 607 g/mol. The molecule has 1 atom stereocenters. The second-order valence-electron chi connectivity index (χ2n) is 9.23. The van der Waals surface area contributed by atoms with Gasteiger partial charge in [-0.3, -0.25) is 13.9 Å². The second-order valence-corrected chi connectivity index (χ2v) is 11.9. The summed E-state index contributed by atoms with van der Waals surface area (Å²) in [6.07, 6.45) is 1.74. The average Bonchev–Trinajstić information content (AvgIpc) is 2.93. The number of amides is 2. The molecule has 0 bridgehead atoms. The van der Waals surface area contributed by atoms with E-state index in [1.807, 2.05) is 37.3 Å². The van der Waals surface area contributed by atoms with Crippen molar-refractivity contribution < 1.29 is 22.7 Å². The molecule has 3 rings (SSSR count). The summed E-state index contributed by atoms with van der Waals surface area (Å²) in [7, 11) is -3.87.